The summed E-state index contributed by atoms with van der Waals surface area (Å²) in [6.45, 7) is 0.694. The predicted octanol–water partition coefficient (Wildman–Crippen LogP) is 1.28. The van der Waals surface area contributed by atoms with Crippen molar-refractivity contribution in [3.05, 3.63) is 34.9 Å². The van der Waals surface area contributed by atoms with Crippen molar-refractivity contribution in [1.29, 1.82) is 0 Å². The number of rotatable bonds is 3. The Bertz CT molecular complexity index is 462. The highest BCUT2D eigenvalue weighted by atomic mass is 35.5. The van der Waals surface area contributed by atoms with Crippen LogP contribution in [0.2, 0.25) is 5.02 Å². The standard InChI is InChI=1S/C13H15ClN2O2/c14-10-4-1-3-9(7-10)8-12(17)16-11-5-2-6-15-13(11)18/h1,3-4,7,11H,2,5-6,8H2,(H,15,18)(H,16,17). The van der Waals surface area contributed by atoms with Crippen LogP contribution in [0.25, 0.3) is 0 Å². The molecule has 2 amide bonds. The number of carbonyl (C=O) groups excluding carboxylic acids is 2. The summed E-state index contributed by atoms with van der Waals surface area (Å²) in [6, 6.07) is 6.76. The van der Waals surface area contributed by atoms with E-state index in [-0.39, 0.29) is 18.2 Å². The van der Waals surface area contributed by atoms with Gasteiger partial charge in [0, 0.05) is 11.6 Å². The first-order valence-electron chi connectivity index (χ1n) is 5.96. The van der Waals surface area contributed by atoms with Gasteiger partial charge in [-0.3, -0.25) is 9.59 Å². The molecule has 1 saturated heterocycles. The molecular formula is C13H15ClN2O2. The summed E-state index contributed by atoms with van der Waals surface area (Å²) in [5, 5.41) is 6.09. The van der Waals surface area contributed by atoms with Gasteiger partial charge in [-0.2, -0.15) is 0 Å². The van der Waals surface area contributed by atoms with Crippen molar-refractivity contribution >= 4 is 23.4 Å². The van der Waals surface area contributed by atoms with Crippen LogP contribution >= 0.6 is 11.6 Å². The molecule has 0 saturated carbocycles. The zero-order chi connectivity index (χ0) is 13.0. The predicted molar refractivity (Wildman–Crippen MR) is 69.3 cm³/mol. The van der Waals surface area contributed by atoms with Crippen LogP contribution in [-0.4, -0.2) is 24.4 Å². The van der Waals surface area contributed by atoms with E-state index in [0.29, 0.717) is 18.0 Å². The summed E-state index contributed by atoms with van der Waals surface area (Å²) in [5.74, 6) is -0.250. The van der Waals surface area contributed by atoms with E-state index in [1.165, 1.54) is 0 Å². The molecule has 1 unspecified atom stereocenters. The average molecular weight is 267 g/mol. The van der Waals surface area contributed by atoms with Gasteiger partial charge in [-0.05, 0) is 30.5 Å². The van der Waals surface area contributed by atoms with Gasteiger partial charge in [0.05, 0.1) is 6.42 Å². The molecule has 0 spiro atoms. The maximum atomic E-state index is 11.8. The third kappa shape index (κ3) is 3.47. The lowest BCUT2D eigenvalue weighted by molar-refractivity contribution is -0.129. The molecule has 1 aliphatic rings. The average Bonchev–Trinajstić information content (AvgIpc) is 2.32. The molecule has 0 aliphatic carbocycles. The molecule has 1 aromatic carbocycles. The fourth-order valence-electron chi connectivity index (χ4n) is 1.99. The van der Waals surface area contributed by atoms with Gasteiger partial charge in [-0.15, -0.1) is 0 Å². The summed E-state index contributed by atoms with van der Waals surface area (Å²) < 4.78 is 0. The third-order valence-electron chi connectivity index (χ3n) is 2.87. The van der Waals surface area contributed by atoms with Gasteiger partial charge in [0.2, 0.25) is 11.8 Å². The number of nitrogens with one attached hydrogen (secondary N) is 2. The molecule has 1 fully saturated rings. The highest BCUT2D eigenvalue weighted by Gasteiger charge is 2.23. The van der Waals surface area contributed by atoms with Crippen molar-refractivity contribution in [3.63, 3.8) is 0 Å². The van der Waals surface area contributed by atoms with Crippen molar-refractivity contribution in [2.75, 3.05) is 6.54 Å². The summed E-state index contributed by atoms with van der Waals surface area (Å²) in [4.78, 5) is 23.3. The second-order valence-corrected chi connectivity index (χ2v) is 4.80. The Kier molecular flexibility index (Phi) is 4.20. The number of halogens is 1. The highest BCUT2D eigenvalue weighted by molar-refractivity contribution is 6.30. The first kappa shape index (κ1) is 12.9. The normalized spacial score (nSPS) is 19.2. The molecular weight excluding hydrogens is 252 g/mol. The molecule has 1 heterocycles. The minimum absolute atomic E-state index is 0.0966. The Hall–Kier alpha value is -1.55. The molecule has 2 N–H and O–H groups in total. The Morgan fingerprint density at radius 2 is 2.33 bits per heavy atom. The van der Waals surface area contributed by atoms with Gasteiger partial charge in [-0.1, -0.05) is 23.7 Å². The topological polar surface area (TPSA) is 58.2 Å². The van der Waals surface area contributed by atoms with Gasteiger partial charge in [0.1, 0.15) is 6.04 Å². The monoisotopic (exact) mass is 266 g/mol. The fourth-order valence-corrected chi connectivity index (χ4v) is 2.20. The Morgan fingerprint density at radius 3 is 3.06 bits per heavy atom. The number of amides is 2. The number of piperidine rings is 1. The highest BCUT2D eigenvalue weighted by Crippen LogP contribution is 2.11. The minimum atomic E-state index is -0.398. The first-order valence-corrected chi connectivity index (χ1v) is 6.34. The summed E-state index contributed by atoms with van der Waals surface area (Å²) in [7, 11) is 0. The van der Waals surface area contributed by atoms with E-state index in [2.05, 4.69) is 10.6 Å². The van der Waals surface area contributed by atoms with Crippen molar-refractivity contribution in [2.45, 2.75) is 25.3 Å². The summed E-state index contributed by atoms with van der Waals surface area (Å²) >= 11 is 5.85. The van der Waals surface area contributed by atoms with Crippen molar-refractivity contribution < 1.29 is 9.59 Å². The zero-order valence-corrected chi connectivity index (χ0v) is 10.7. The lowest BCUT2D eigenvalue weighted by Gasteiger charge is -2.22. The lowest BCUT2D eigenvalue weighted by Crippen LogP contribution is -2.50. The fraction of sp³-hybridized carbons (Fsp3) is 0.385. The van der Waals surface area contributed by atoms with Crippen molar-refractivity contribution in [1.82, 2.24) is 10.6 Å². The molecule has 0 aromatic heterocycles. The first-order chi connectivity index (χ1) is 8.65. The second-order valence-electron chi connectivity index (χ2n) is 4.36. The molecule has 2 rings (SSSR count). The van der Waals surface area contributed by atoms with Crippen LogP contribution in [0.15, 0.2) is 24.3 Å². The van der Waals surface area contributed by atoms with Gasteiger partial charge in [-0.25, -0.2) is 0 Å². The van der Waals surface area contributed by atoms with Crippen LogP contribution in [0.4, 0.5) is 0 Å². The van der Waals surface area contributed by atoms with E-state index >= 15 is 0 Å². The zero-order valence-electron chi connectivity index (χ0n) is 9.91. The Balaban J connectivity index is 1.90. The van der Waals surface area contributed by atoms with Crippen LogP contribution in [0.5, 0.6) is 0 Å². The molecule has 1 aliphatic heterocycles. The van der Waals surface area contributed by atoms with E-state index in [9.17, 15) is 9.59 Å². The quantitative estimate of drug-likeness (QED) is 0.866. The molecule has 5 heteroatoms. The van der Waals surface area contributed by atoms with Crippen molar-refractivity contribution in [2.24, 2.45) is 0 Å². The number of hydrogen-bond donors (Lipinski definition) is 2. The molecule has 0 bridgehead atoms. The van der Waals surface area contributed by atoms with E-state index in [0.717, 1.165) is 12.0 Å². The smallest absolute Gasteiger partial charge is 0.242 e. The lowest BCUT2D eigenvalue weighted by atomic mass is 10.1. The number of carbonyl (C=O) groups is 2. The van der Waals surface area contributed by atoms with Crippen LogP contribution in [0.3, 0.4) is 0 Å². The Labute approximate surface area is 111 Å². The SMILES string of the molecule is O=C(Cc1cccc(Cl)c1)NC1CCCNC1=O. The van der Waals surface area contributed by atoms with Gasteiger partial charge in [0.15, 0.2) is 0 Å². The molecule has 18 heavy (non-hydrogen) atoms. The molecule has 96 valence electrons. The summed E-state index contributed by atoms with van der Waals surface area (Å²) in [5.41, 5.74) is 0.844. The second kappa shape index (κ2) is 5.87. The third-order valence-corrected chi connectivity index (χ3v) is 3.11. The van der Waals surface area contributed by atoms with Crippen molar-refractivity contribution in [3.8, 4) is 0 Å². The van der Waals surface area contributed by atoms with E-state index < -0.39 is 6.04 Å². The van der Waals surface area contributed by atoms with E-state index in [1.807, 2.05) is 6.07 Å². The Morgan fingerprint density at radius 1 is 1.50 bits per heavy atom. The molecule has 1 atom stereocenters. The molecule has 1 aromatic rings. The molecule has 0 radical (unpaired) electrons. The van der Waals surface area contributed by atoms with Crippen LogP contribution in [0, 0.1) is 0 Å². The van der Waals surface area contributed by atoms with Gasteiger partial charge >= 0.3 is 0 Å². The number of benzene rings is 1. The molecule has 4 nitrogen and oxygen atoms in total. The van der Waals surface area contributed by atoms with Crippen LogP contribution < -0.4 is 10.6 Å². The van der Waals surface area contributed by atoms with E-state index in [1.54, 1.807) is 18.2 Å². The van der Waals surface area contributed by atoms with Gasteiger partial charge < -0.3 is 10.6 Å². The number of hydrogen-bond acceptors (Lipinski definition) is 2. The van der Waals surface area contributed by atoms with E-state index in [4.69, 9.17) is 11.6 Å². The maximum Gasteiger partial charge on any atom is 0.242 e. The van der Waals surface area contributed by atoms with Gasteiger partial charge in [0.25, 0.3) is 0 Å². The van der Waals surface area contributed by atoms with Crippen LogP contribution in [-0.2, 0) is 16.0 Å². The maximum absolute atomic E-state index is 11.8. The van der Waals surface area contributed by atoms with Crippen LogP contribution in [0.1, 0.15) is 18.4 Å². The summed E-state index contributed by atoms with van der Waals surface area (Å²) in [6.07, 6.45) is 1.84. The minimum Gasteiger partial charge on any atom is -0.354 e. The largest absolute Gasteiger partial charge is 0.354 e.